The average Bonchev–Trinajstić information content (AvgIpc) is 2.27. The lowest BCUT2D eigenvalue weighted by atomic mass is 10.0. The maximum atomic E-state index is 11.2. The molecular formula is C11H22O4S. The maximum Gasteiger partial charge on any atom is 0.306 e. The van der Waals surface area contributed by atoms with E-state index < -0.39 is 22.5 Å². The van der Waals surface area contributed by atoms with Gasteiger partial charge in [-0.05, 0) is 12.8 Å². The number of esters is 1. The van der Waals surface area contributed by atoms with E-state index in [0.29, 0.717) is 0 Å². The Morgan fingerprint density at radius 3 is 2.38 bits per heavy atom. The Labute approximate surface area is 100 Å². The summed E-state index contributed by atoms with van der Waals surface area (Å²) in [7, 11) is 0. The first-order valence-electron chi connectivity index (χ1n) is 5.85. The molecule has 96 valence electrons. The van der Waals surface area contributed by atoms with Gasteiger partial charge in [0.15, 0.2) is 11.1 Å². The van der Waals surface area contributed by atoms with Gasteiger partial charge in [0.05, 0.1) is 0 Å². The number of unbranched alkanes of at least 4 members (excludes halogenated alkanes) is 1. The fourth-order valence-electron chi connectivity index (χ4n) is 1.51. The normalized spacial score (nSPS) is 16.5. The summed E-state index contributed by atoms with van der Waals surface area (Å²) in [6.07, 6.45) is 3.81. The molecule has 0 aromatic carbocycles. The molecule has 16 heavy (non-hydrogen) atoms. The number of carbonyl (C=O) groups is 1. The zero-order valence-electron chi connectivity index (χ0n) is 10.3. The van der Waals surface area contributed by atoms with Crippen molar-refractivity contribution >= 4 is 17.0 Å². The van der Waals surface area contributed by atoms with Gasteiger partial charge < -0.3 is 9.29 Å². The Morgan fingerprint density at radius 1 is 1.38 bits per heavy atom. The van der Waals surface area contributed by atoms with Crippen LogP contribution >= 0.6 is 0 Å². The molecule has 0 radical (unpaired) electrons. The van der Waals surface area contributed by atoms with Crippen LogP contribution in [0.1, 0.15) is 52.9 Å². The molecule has 3 atom stereocenters. The Balaban J connectivity index is 4.46. The van der Waals surface area contributed by atoms with Gasteiger partial charge in [-0.2, -0.15) is 0 Å². The summed E-state index contributed by atoms with van der Waals surface area (Å²) < 4.78 is 25.3. The van der Waals surface area contributed by atoms with Gasteiger partial charge in [0.1, 0.15) is 0 Å². The minimum absolute atomic E-state index is 0.0266. The molecule has 0 bridgehead atoms. The fourth-order valence-corrected chi connectivity index (χ4v) is 2.36. The molecule has 4 nitrogen and oxygen atoms in total. The molecule has 0 fully saturated rings. The van der Waals surface area contributed by atoms with E-state index in [1.165, 1.54) is 0 Å². The monoisotopic (exact) mass is 250 g/mol. The quantitative estimate of drug-likeness (QED) is 0.531. The van der Waals surface area contributed by atoms with Crippen molar-refractivity contribution in [1.29, 1.82) is 0 Å². The average molecular weight is 250 g/mol. The van der Waals surface area contributed by atoms with Gasteiger partial charge in [0, 0.05) is 12.3 Å². The Hall–Kier alpha value is -0.420. The van der Waals surface area contributed by atoms with Crippen molar-refractivity contribution in [2.75, 3.05) is 0 Å². The van der Waals surface area contributed by atoms with Crippen LogP contribution in [0.15, 0.2) is 0 Å². The number of rotatable bonds is 8. The lowest BCUT2D eigenvalue weighted by molar-refractivity contribution is -0.147. The van der Waals surface area contributed by atoms with Crippen LogP contribution in [-0.4, -0.2) is 20.2 Å². The second kappa shape index (κ2) is 8.70. The summed E-state index contributed by atoms with van der Waals surface area (Å²) >= 11 is -2.10. The number of carbonyl (C=O) groups excluding carboxylic acids is 1. The van der Waals surface area contributed by atoms with Crippen LogP contribution in [0, 0.1) is 5.92 Å². The van der Waals surface area contributed by atoms with Gasteiger partial charge in [0.2, 0.25) is 5.44 Å². The van der Waals surface area contributed by atoms with Crippen molar-refractivity contribution < 1.29 is 18.3 Å². The molecular weight excluding hydrogens is 228 g/mol. The summed E-state index contributed by atoms with van der Waals surface area (Å²) in [6.45, 7) is 5.68. The lowest BCUT2D eigenvalue weighted by Crippen LogP contribution is -2.30. The van der Waals surface area contributed by atoms with E-state index in [2.05, 4.69) is 6.92 Å². The van der Waals surface area contributed by atoms with E-state index in [9.17, 15) is 9.00 Å². The minimum atomic E-state index is -2.10. The third-order valence-corrected chi connectivity index (χ3v) is 3.45. The molecule has 0 aliphatic heterocycles. The molecule has 0 saturated carbocycles. The van der Waals surface area contributed by atoms with Crippen LogP contribution < -0.4 is 0 Å². The van der Waals surface area contributed by atoms with E-state index in [4.69, 9.17) is 9.29 Å². The first kappa shape index (κ1) is 15.6. The second-order valence-electron chi connectivity index (χ2n) is 3.80. The van der Waals surface area contributed by atoms with E-state index in [0.717, 1.165) is 25.7 Å². The van der Waals surface area contributed by atoms with Crippen molar-refractivity contribution in [3.8, 4) is 0 Å². The molecule has 0 heterocycles. The molecule has 0 rings (SSSR count). The minimum Gasteiger partial charge on any atom is -0.446 e. The molecule has 1 N–H and O–H groups in total. The fraction of sp³-hybridized carbons (Fsp3) is 0.909. The summed E-state index contributed by atoms with van der Waals surface area (Å²) in [5, 5.41) is 0. The summed E-state index contributed by atoms with van der Waals surface area (Å²) in [4.78, 5) is 11.2. The van der Waals surface area contributed by atoms with Gasteiger partial charge in [-0.15, -0.1) is 0 Å². The predicted molar refractivity (Wildman–Crippen MR) is 64.2 cm³/mol. The highest BCUT2D eigenvalue weighted by Crippen LogP contribution is 2.21. The molecule has 3 unspecified atom stereocenters. The predicted octanol–water partition coefficient (Wildman–Crippen LogP) is 2.70. The lowest BCUT2D eigenvalue weighted by Gasteiger charge is -2.22. The molecule has 0 aromatic heterocycles. The topological polar surface area (TPSA) is 63.6 Å². The zero-order chi connectivity index (χ0) is 12.6. The van der Waals surface area contributed by atoms with E-state index in [-0.39, 0.29) is 12.3 Å². The highest BCUT2D eigenvalue weighted by molar-refractivity contribution is 7.79. The first-order chi connectivity index (χ1) is 7.56. The van der Waals surface area contributed by atoms with Crippen molar-refractivity contribution in [3.63, 3.8) is 0 Å². The van der Waals surface area contributed by atoms with Crippen LogP contribution in [0.3, 0.4) is 0 Å². The highest BCUT2D eigenvalue weighted by Gasteiger charge is 2.28. The number of hydrogen-bond donors (Lipinski definition) is 1. The van der Waals surface area contributed by atoms with Gasteiger partial charge in [-0.1, -0.05) is 33.6 Å². The summed E-state index contributed by atoms with van der Waals surface area (Å²) in [5.41, 5.74) is -0.871. The van der Waals surface area contributed by atoms with Crippen molar-refractivity contribution in [2.45, 2.75) is 58.3 Å². The van der Waals surface area contributed by atoms with Gasteiger partial charge in [-0.3, -0.25) is 4.79 Å². The molecule has 0 aromatic rings. The van der Waals surface area contributed by atoms with Crippen LogP contribution in [0.5, 0.6) is 0 Å². The molecule has 0 spiro atoms. The van der Waals surface area contributed by atoms with E-state index >= 15 is 0 Å². The number of ether oxygens (including phenoxy) is 1. The van der Waals surface area contributed by atoms with Gasteiger partial charge >= 0.3 is 5.97 Å². The van der Waals surface area contributed by atoms with Crippen molar-refractivity contribution in [1.82, 2.24) is 0 Å². The zero-order valence-corrected chi connectivity index (χ0v) is 11.1. The Bertz CT molecular complexity index is 230. The largest absolute Gasteiger partial charge is 0.446 e. The van der Waals surface area contributed by atoms with Gasteiger partial charge in [0.25, 0.3) is 0 Å². The Morgan fingerprint density at radius 2 is 2.00 bits per heavy atom. The van der Waals surface area contributed by atoms with Gasteiger partial charge in [-0.25, -0.2) is 4.21 Å². The van der Waals surface area contributed by atoms with Crippen molar-refractivity contribution in [2.24, 2.45) is 5.92 Å². The molecule has 0 aliphatic carbocycles. The first-order valence-corrected chi connectivity index (χ1v) is 7.02. The summed E-state index contributed by atoms with van der Waals surface area (Å²) in [5.74, 6) is -0.441. The molecule has 0 aliphatic rings. The third kappa shape index (κ3) is 5.61. The Kier molecular flexibility index (Phi) is 8.47. The van der Waals surface area contributed by atoms with Crippen LogP contribution in [0.4, 0.5) is 0 Å². The molecule has 0 saturated heterocycles. The molecule has 0 amide bonds. The number of hydrogen-bond acceptors (Lipinski definition) is 3. The second-order valence-corrected chi connectivity index (χ2v) is 4.82. The van der Waals surface area contributed by atoms with Crippen LogP contribution in [-0.2, 0) is 20.6 Å². The standard InChI is InChI=1S/C11H22O4S/c1-4-7-8-9(5-2)11(16(13)14)15-10(12)6-3/h9,11H,4-8H2,1-3H3,(H,13,14). The van der Waals surface area contributed by atoms with E-state index in [1.54, 1.807) is 6.92 Å². The summed E-state index contributed by atoms with van der Waals surface area (Å²) in [6, 6.07) is 0. The smallest absolute Gasteiger partial charge is 0.306 e. The van der Waals surface area contributed by atoms with Crippen LogP contribution in [0.25, 0.3) is 0 Å². The SMILES string of the molecule is CCCCC(CC)C(OC(=O)CC)S(=O)O. The maximum absolute atomic E-state index is 11.2. The van der Waals surface area contributed by atoms with Crippen LogP contribution in [0.2, 0.25) is 0 Å². The third-order valence-electron chi connectivity index (χ3n) is 2.57. The highest BCUT2D eigenvalue weighted by atomic mass is 32.2. The van der Waals surface area contributed by atoms with E-state index in [1.807, 2.05) is 6.92 Å². The molecule has 5 heteroatoms. The van der Waals surface area contributed by atoms with Crippen molar-refractivity contribution in [3.05, 3.63) is 0 Å².